The Kier molecular flexibility index (Phi) is 8.11. The molecule has 2 saturated heterocycles. The molecule has 0 bridgehead atoms. The third-order valence-corrected chi connectivity index (χ3v) is 7.13. The van der Waals surface area contributed by atoms with Crippen LogP contribution in [0.15, 0.2) is 66.0 Å². The lowest BCUT2D eigenvalue weighted by atomic mass is 9.84. The first-order valence-corrected chi connectivity index (χ1v) is 12.5. The van der Waals surface area contributed by atoms with E-state index in [2.05, 4.69) is 23.3 Å². The van der Waals surface area contributed by atoms with E-state index in [-0.39, 0.29) is 35.4 Å². The van der Waals surface area contributed by atoms with Gasteiger partial charge in [-0.1, -0.05) is 19.6 Å². The van der Waals surface area contributed by atoms with Crippen LogP contribution in [-0.2, 0) is 14.4 Å². The Labute approximate surface area is 208 Å². The van der Waals surface area contributed by atoms with E-state index < -0.39 is 0 Å². The zero-order chi connectivity index (χ0) is 24.9. The minimum absolute atomic E-state index is 0.0444. The predicted octanol–water partition coefficient (Wildman–Crippen LogP) is 3.78. The van der Waals surface area contributed by atoms with Crippen LogP contribution in [0.5, 0.6) is 5.75 Å². The number of nitrogens with zero attached hydrogens (tertiary/aromatic N) is 2. The Morgan fingerprint density at radius 3 is 2.57 bits per heavy atom. The number of Topliss-reactive ketones (excluding diaryl/α,β-unsaturated/α-hetero) is 1. The summed E-state index contributed by atoms with van der Waals surface area (Å²) in [5, 5.41) is 9.72. The molecule has 2 atom stereocenters. The van der Waals surface area contributed by atoms with Gasteiger partial charge in [-0.3, -0.25) is 14.6 Å². The number of phenols is 1. The summed E-state index contributed by atoms with van der Waals surface area (Å²) in [6.07, 6.45) is 9.69. The van der Waals surface area contributed by atoms with Crippen LogP contribution >= 0.6 is 0 Å². The van der Waals surface area contributed by atoms with Crippen LogP contribution in [-0.4, -0.2) is 66.1 Å². The number of aromatic hydroxyl groups is 1. The predicted molar refractivity (Wildman–Crippen MR) is 137 cm³/mol. The SMILES string of the molecule is C=C(/C(C(=O)C1C=CC(OC2CN(CCC)C2)=CC1)=C(\ON)c1ccc(O)cc1)[C@@H]1CCCN1C. The summed E-state index contributed by atoms with van der Waals surface area (Å²) in [6, 6.07) is 6.54. The van der Waals surface area contributed by atoms with Crippen molar-refractivity contribution in [2.24, 2.45) is 11.8 Å². The smallest absolute Gasteiger partial charge is 0.174 e. The minimum atomic E-state index is -0.360. The fourth-order valence-electron chi connectivity index (χ4n) is 5.17. The van der Waals surface area contributed by atoms with E-state index in [9.17, 15) is 9.90 Å². The van der Waals surface area contributed by atoms with Crippen LogP contribution in [0.4, 0.5) is 0 Å². The van der Waals surface area contributed by atoms with Gasteiger partial charge in [0, 0.05) is 30.6 Å². The largest absolute Gasteiger partial charge is 0.508 e. The summed E-state index contributed by atoms with van der Waals surface area (Å²) >= 11 is 0. The quantitative estimate of drug-likeness (QED) is 0.228. The maximum absolute atomic E-state index is 13.9. The standard InChI is InChI=1S/C28H37N3O4/c1-4-15-31-17-24(18-31)34-23-13-9-20(10-14-23)27(33)26(19(2)25-6-5-16-30(25)3)28(35-29)21-7-11-22(32)12-8-21/h7-9,11-14,20,24-25,32H,2,4-6,10,15-18,29H2,1,3H3/b28-26+/t20?,25-/m0/s1. The van der Waals surface area contributed by atoms with Gasteiger partial charge in [-0.2, -0.15) is 5.90 Å². The van der Waals surface area contributed by atoms with Crippen molar-refractivity contribution in [3.05, 3.63) is 71.5 Å². The third kappa shape index (κ3) is 5.69. The van der Waals surface area contributed by atoms with Gasteiger partial charge in [0.25, 0.3) is 0 Å². The lowest BCUT2D eigenvalue weighted by Gasteiger charge is -2.39. The van der Waals surface area contributed by atoms with Crippen molar-refractivity contribution in [2.45, 2.75) is 44.8 Å². The molecule has 2 aliphatic heterocycles. The van der Waals surface area contributed by atoms with Crippen molar-refractivity contribution < 1.29 is 19.5 Å². The Bertz CT molecular complexity index is 1020. The number of carbonyl (C=O) groups is 1. The summed E-state index contributed by atoms with van der Waals surface area (Å²) in [7, 11) is 2.05. The number of benzene rings is 1. The molecular formula is C28H37N3O4. The molecule has 2 fully saturated rings. The Hall–Kier alpha value is -2.87. The van der Waals surface area contributed by atoms with Gasteiger partial charge in [0.05, 0.1) is 5.57 Å². The van der Waals surface area contributed by atoms with E-state index in [1.54, 1.807) is 24.3 Å². The molecule has 188 valence electrons. The molecule has 2 heterocycles. The molecule has 0 saturated carbocycles. The van der Waals surface area contributed by atoms with E-state index in [0.29, 0.717) is 23.1 Å². The van der Waals surface area contributed by atoms with Gasteiger partial charge < -0.3 is 14.7 Å². The molecule has 1 unspecified atom stereocenters. The Balaban J connectivity index is 1.54. The van der Waals surface area contributed by atoms with Crippen molar-refractivity contribution in [1.82, 2.24) is 9.80 Å². The van der Waals surface area contributed by atoms with Crippen molar-refractivity contribution >= 4 is 11.5 Å². The lowest BCUT2D eigenvalue weighted by Crippen LogP contribution is -2.52. The number of nitrogens with two attached hydrogens (primary N) is 1. The lowest BCUT2D eigenvalue weighted by molar-refractivity contribution is -0.117. The van der Waals surface area contributed by atoms with Gasteiger partial charge in [0.2, 0.25) is 0 Å². The second kappa shape index (κ2) is 11.2. The highest BCUT2D eigenvalue weighted by molar-refractivity contribution is 6.08. The number of likely N-dealkylation sites (tertiary alicyclic amines) is 2. The van der Waals surface area contributed by atoms with Gasteiger partial charge in [-0.15, -0.1) is 0 Å². The number of carbonyl (C=O) groups excluding carboxylic acids is 1. The number of hydrogen-bond donors (Lipinski definition) is 2. The molecule has 1 aromatic carbocycles. The molecule has 1 aromatic rings. The highest BCUT2D eigenvalue weighted by Crippen LogP contribution is 2.35. The number of hydrogen-bond acceptors (Lipinski definition) is 7. The zero-order valence-corrected chi connectivity index (χ0v) is 20.8. The summed E-state index contributed by atoms with van der Waals surface area (Å²) in [5.74, 6) is 6.53. The molecule has 7 nitrogen and oxygen atoms in total. The van der Waals surface area contributed by atoms with Gasteiger partial charge in [-0.05, 0) is 87.8 Å². The fraction of sp³-hybridized carbons (Fsp3) is 0.464. The number of ketones is 1. The molecule has 0 amide bonds. The molecule has 7 heteroatoms. The van der Waals surface area contributed by atoms with E-state index in [4.69, 9.17) is 15.5 Å². The molecule has 3 aliphatic rings. The first-order chi connectivity index (χ1) is 16.9. The number of phenolic OH excluding ortho intramolecular Hbond substituents is 1. The zero-order valence-electron chi connectivity index (χ0n) is 20.8. The minimum Gasteiger partial charge on any atom is -0.508 e. The summed E-state index contributed by atoms with van der Waals surface area (Å²) in [6.45, 7) is 10.5. The fourth-order valence-corrected chi connectivity index (χ4v) is 5.17. The first kappa shape index (κ1) is 25.2. The molecule has 0 aromatic heterocycles. The average molecular weight is 480 g/mol. The Morgan fingerprint density at radius 2 is 2.00 bits per heavy atom. The third-order valence-electron chi connectivity index (χ3n) is 7.13. The van der Waals surface area contributed by atoms with Crippen LogP contribution in [0.3, 0.4) is 0 Å². The van der Waals surface area contributed by atoms with Crippen molar-refractivity contribution in [2.75, 3.05) is 33.2 Å². The molecular weight excluding hydrogens is 442 g/mol. The maximum Gasteiger partial charge on any atom is 0.174 e. The average Bonchev–Trinajstić information content (AvgIpc) is 3.27. The highest BCUT2D eigenvalue weighted by Gasteiger charge is 2.34. The van der Waals surface area contributed by atoms with Crippen molar-refractivity contribution in [3.8, 4) is 5.75 Å². The number of ether oxygens (including phenoxy) is 1. The summed E-state index contributed by atoms with van der Waals surface area (Å²) < 4.78 is 6.10. The van der Waals surface area contributed by atoms with Crippen LogP contribution in [0, 0.1) is 5.92 Å². The van der Waals surface area contributed by atoms with Gasteiger partial charge in [-0.25, -0.2) is 0 Å². The highest BCUT2D eigenvalue weighted by atomic mass is 16.6. The summed E-state index contributed by atoms with van der Waals surface area (Å²) in [4.78, 5) is 23.8. The number of likely N-dealkylation sites (N-methyl/N-ethyl adjacent to an activating group) is 1. The molecule has 3 N–H and O–H groups in total. The van der Waals surface area contributed by atoms with Crippen molar-refractivity contribution in [3.63, 3.8) is 0 Å². The second-order valence-corrected chi connectivity index (χ2v) is 9.70. The Morgan fingerprint density at radius 1 is 1.26 bits per heavy atom. The van der Waals surface area contributed by atoms with E-state index in [0.717, 1.165) is 51.2 Å². The van der Waals surface area contributed by atoms with Crippen LogP contribution in [0.2, 0.25) is 0 Å². The van der Waals surface area contributed by atoms with Gasteiger partial charge in [0.1, 0.15) is 17.6 Å². The van der Waals surface area contributed by atoms with Crippen molar-refractivity contribution in [1.29, 1.82) is 0 Å². The van der Waals surface area contributed by atoms with Gasteiger partial charge in [0.15, 0.2) is 11.5 Å². The van der Waals surface area contributed by atoms with Gasteiger partial charge >= 0.3 is 0 Å². The topological polar surface area (TPSA) is 88.3 Å². The normalized spacial score (nSPS) is 23.9. The molecule has 4 rings (SSSR count). The second-order valence-electron chi connectivity index (χ2n) is 9.70. The summed E-state index contributed by atoms with van der Waals surface area (Å²) in [5.41, 5.74) is 1.75. The molecule has 35 heavy (non-hydrogen) atoms. The number of rotatable bonds is 10. The van der Waals surface area contributed by atoms with Crippen LogP contribution in [0.1, 0.15) is 38.2 Å². The molecule has 0 spiro atoms. The van der Waals surface area contributed by atoms with E-state index in [1.807, 2.05) is 25.3 Å². The van der Waals surface area contributed by atoms with Crippen LogP contribution < -0.4 is 5.90 Å². The first-order valence-electron chi connectivity index (χ1n) is 12.5. The van der Waals surface area contributed by atoms with E-state index >= 15 is 0 Å². The number of allylic oxidation sites excluding steroid dienone is 3. The van der Waals surface area contributed by atoms with E-state index in [1.165, 1.54) is 0 Å². The molecule has 0 radical (unpaired) electrons. The van der Waals surface area contributed by atoms with Crippen LogP contribution in [0.25, 0.3) is 5.76 Å². The monoisotopic (exact) mass is 479 g/mol. The maximum atomic E-state index is 13.9. The molecule has 1 aliphatic carbocycles.